The molecule has 0 amide bonds. The van der Waals surface area contributed by atoms with Crippen LogP contribution in [0.15, 0.2) is 0 Å². The maximum absolute atomic E-state index is 4.83. The normalized spacial score (nSPS) is 10.3. The third kappa shape index (κ3) is 2.79. The van der Waals surface area contributed by atoms with Crippen molar-refractivity contribution in [2.75, 3.05) is 14.2 Å². The van der Waals surface area contributed by atoms with Gasteiger partial charge in [-0.25, -0.2) is 0 Å². The molecule has 2 nitrogen and oxygen atoms in total. The summed E-state index contributed by atoms with van der Waals surface area (Å²) in [5.74, 6) is 0. The van der Waals surface area contributed by atoms with Crippen LogP contribution < -0.4 is 0 Å². The molecule has 0 aromatic heterocycles. The topological polar surface area (TPSA) is 18.5 Å². The maximum Gasteiger partial charge on any atom is 0.153 e. The molecule has 0 N–H and O–H groups in total. The van der Waals surface area contributed by atoms with Crippen molar-refractivity contribution in [3.63, 3.8) is 0 Å². The Bertz CT molecular complexity index is 31.2. The van der Waals surface area contributed by atoms with Crippen molar-refractivity contribution >= 4 is 10.2 Å². The van der Waals surface area contributed by atoms with Crippen LogP contribution >= 0.6 is 0 Å². The SMILES string of the molecule is COC(C[SiH2])OC. The zero-order valence-electron chi connectivity index (χ0n) is 4.81. The summed E-state index contributed by atoms with van der Waals surface area (Å²) >= 11 is 0. The summed E-state index contributed by atoms with van der Waals surface area (Å²) in [7, 11) is 5.12. The van der Waals surface area contributed by atoms with Crippen LogP contribution in [-0.2, 0) is 9.47 Å². The standard InChI is InChI=1S/C4H11O2Si/c1-5-4(3-7)6-2/h4H,3,7H2,1-2H3. The molecule has 0 fully saturated rings. The van der Waals surface area contributed by atoms with E-state index in [1.165, 1.54) is 0 Å². The minimum atomic E-state index is -0.00154. The van der Waals surface area contributed by atoms with E-state index in [1.54, 1.807) is 14.2 Å². The fourth-order valence-electron chi connectivity index (χ4n) is 0.332. The van der Waals surface area contributed by atoms with Crippen molar-refractivity contribution in [1.29, 1.82) is 0 Å². The Morgan fingerprint density at radius 1 is 1.43 bits per heavy atom. The molecule has 7 heavy (non-hydrogen) atoms. The molecule has 0 spiro atoms. The molecule has 0 aromatic carbocycles. The summed E-state index contributed by atoms with van der Waals surface area (Å²) in [6, 6.07) is 0.938. The van der Waals surface area contributed by atoms with Crippen LogP contribution in [0.3, 0.4) is 0 Å². The lowest BCUT2D eigenvalue weighted by Gasteiger charge is -2.08. The average molecular weight is 119 g/mol. The molecule has 0 unspecified atom stereocenters. The van der Waals surface area contributed by atoms with Gasteiger partial charge in [-0.05, 0) is 6.04 Å². The van der Waals surface area contributed by atoms with Crippen molar-refractivity contribution in [3.8, 4) is 0 Å². The number of rotatable bonds is 3. The average Bonchev–Trinajstić information content (AvgIpc) is 1.72. The molecule has 0 rings (SSSR count). The van der Waals surface area contributed by atoms with Gasteiger partial charge in [-0.2, -0.15) is 0 Å². The fraction of sp³-hybridized carbons (Fsp3) is 1.00. The van der Waals surface area contributed by atoms with E-state index in [0.717, 1.165) is 6.04 Å². The van der Waals surface area contributed by atoms with Gasteiger partial charge in [-0.1, -0.05) is 0 Å². The van der Waals surface area contributed by atoms with Gasteiger partial charge in [0.25, 0.3) is 0 Å². The van der Waals surface area contributed by atoms with Crippen LogP contribution in [0.1, 0.15) is 0 Å². The first-order valence-corrected chi connectivity index (χ1v) is 3.20. The summed E-state index contributed by atoms with van der Waals surface area (Å²) < 4.78 is 9.67. The lowest BCUT2D eigenvalue weighted by molar-refractivity contribution is -0.0871. The molecular weight excluding hydrogens is 108 g/mol. The van der Waals surface area contributed by atoms with Gasteiger partial charge < -0.3 is 9.47 Å². The van der Waals surface area contributed by atoms with Gasteiger partial charge in [0.15, 0.2) is 6.29 Å². The molecule has 0 aliphatic rings. The van der Waals surface area contributed by atoms with Crippen molar-refractivity contribution < 1.29 is 9.47 Å². The third-order valence-electron chi connectivity index (χ3n) is 0.761. The lowest BCUT2D eigenvalue weighted by atomic mass is 10.7. The molecule has 0 aliphatic carbocycles. The van der Waals surface area contributed by atoms with Gasteiger partial charge in [-0.15, -0.1) is 0 Å². The van der Waals surface area contributed by atoms with Crippen LogP contribution in [0.4, 0.5) is 0 Å². The molecule has 0 heterocycles. The van der Waals surface area contributed by atoms with Crippen LogP contribution in [0, 0.1) is 0 Å². The number of ether oxygens (including phenoxy) is 2. The van der Waals surface area contributed by atoms with Gasteiger partial charge in [-0.3, -0.25) is 0 Å². The molecule has 3 heteroatoms. The summed E-state index contributed by atoms with van der Waals surface area (Å²) in [6.07, 6.45) is -0.00154. The molecule has 0 aromatic rings. The summed E-state index contributed by atoms with van der Waals surface area (Å²) in [4.78, 5) is 0. The second-order valence-corrected chi connectivity index (χ2v) is 1.77. The molecule has 0 bridgehead atoms. The second kappa shape index (κ2) is 4.30. The van der Waals surface area contributed by atoms with E-state index in [2.05, 4.69) is 0 Å². The van der Waals surface area contributed by atoms with Crippen molar-refractivity contribution in [2.45, 2.75) is 12.3 Å². The molecule has 43 valence electrons. The minimum absolute atomic E-state index is 0.00154. The highest BCUT2D eigenvalue weighted by molar-refractivity contribution is 6.08. The first-order chi connectivity index (χ1) is 3.35. The third-order valence-corrected chi connectivity index (χ3v) is 1.23. The highest BCUT2D eigenvalue weighted by atomic mass is 28.1. The highest BCUT2D eigenvalue weighted by Crippen LogP contribution is 1.92. The van der Waals surface area contributed by atoms with Gasteiger partial charge in [0.05, 0.1) is 0 Å². The summed E-state index contributed by atoms with van der Waals surface area (Å²) in [5.41, 5.74) is 0. The summed E-state index contributed by atoms with van der Waals surface area (Å²) in [6.45, 7) is 0. The Kier molecular flexibility index (Phi) is 4.38. The molecule has 0 atom stereocenters. The van der Waals surface area contributed by atoms with Crippen LogP contribution in [0.2, 0.25) is 6.04 Å². The summed E-state index contributed by atoms with van der Waals surface area (Å²) in [5, 5.41) is 0. The zero-order chi connectivity index (χ0) is 5.70. The first kappa shape index (κ1) is 7.14. The Morgan fingerprint density at radius 2 is 1.86 bits per heavy atom. The Hall–Kier alpha value is 0.137. The van der Waals surface area contributed by atoms with Crippen molar-refractivity contribution in [3.05, 3.63) is 0 Å². The van der Waals surface area contributed by atoms with Crippen molar-refractivity contribution in [2.24, 2.45) is 0 Å². The number of methoxy groups -OCH3 is 2. The van der Waals surface area contributed by atoms with E-state index >= 15 is 0 Å². The Morgan fingerprint density at radius 3 is 1.86 bits per heavy atom. The van der Waals surface area contributed by atoms with Gasteiger partial charge in [0, 0.05) is 24.5 Å². The van der Waals surface area contributed by atoms with Gasteiger partial charge >= 0.3 is 0 Å². The largest absolute Gasteiger partial charge is 0.356 e. The zero-order valence-corrected chi connectivity index (χ0v) is 6.22. The molecule has 0 saturated carbocycles. The van der Waals surface area contributed by atoms with E-state index in [-0.39, 0.29) is 6.29 Å². The molecular formula is C4H11O2Si. The van der Waals surface area contributed by atoms with E-state index in [1.807, 2.05) is 10.2 Å². The first-order valence-electron chi connectivity index (χ1n) is 2.20. The predicted octanol–water partition coefficient (Wildman–Crippen LogP) is -0.343. The number of hydrogen-bond donors (Lipinski definition) is 0. The van der Waals surface area contributed by atoms with Crippen molar-refractivity contribution in [1.82, 2.24) is 0 Å². The monoisotopic (exact) mass is 119 g/mol. The Labute approximate surface area is 47.2 Å². The van der Waals surface area contributed by atoms with Gasteiger partial charge in [0.1, 0.15) is 0 Å². The lowest BCUT2D eigenvalue weighted by Crippen LogP contribution is -2.10. The predicted molar refractivity (Wildman–Crippen MR) is 31.2 cm³/mol. The van der Waals surface area contributed by atoms with Crippen LogP contribution in [-0.4, -0.2) is 30.8 Å². The molecule has 0 saturated heterocycles. The van der Waals surface area contributed by atoms with Crippen LogP contribution in [0.5, 0.6) is 0 Å². The van der Waals surface area contributed by atoms with Gasteiger partial charge in [0.2, 0.25) is 0 Å². The van der Waals surface area contributed by atoms with E-state index < -0.39 is 0 Å². The maximum atomic E-state index is 4.83. The van der Waals surface area contributed by atoms with E-state index in [0.29, 0.717) is 0 Å². The van der Waals surface area contributed by atoms with E-state index in [9.17, 15) is 0 Å². The second-order valence-electron chi connectivity index (χ2n) is 1.19. The minimum Gasteiger partial charge on any atom is -0.356 e. The Balaban J connectivity index is 2.99. The smallest absolute Gasteiger partial charge is 0.153 e. The quantitative estimate of drug-likeness (QED) is 0.374. The molecule has 1 radical (unpaired) electrons. The highest BCUT2D eigenvalue weighted by Gasteiger charge is 1.96. The van der Waals surface area contributed by atoms with E-state index in [4.69, 9.17) is 9.47 Å². The van der Waals surface area contributed by atoms with Crippen LogP contribution in [0.25, 0.3) is 0 Å². The molecule has 0 aliphatic heterocycles. The fourth-order valence-corrected chi connectivity index (χ4v) is 0.803. The number of hydrogen-bond acceptors (Lipinski definition) is 2.